The van der Waals surface area contributed by atoms with Crippen LogP contribution in [0.15, 0.2) is 34.8 Å². The van der Waals surface area contributed by atoms with E-state index in [1.807, 2.05) is 20.8 Å². The predicted octanol–water partition coefficient (Wildman–Crippen LogP) is 1.58. The molecule has 1 heterocycles. The first-order valence-corrected chi connectivity index (χ1v) is 8.77. The number of primary amides is 1. The van der Waals surface area contributed by atoms with Crippen LogP contribution in [0.25, 0.3) is 5.70 Å². The summed E-state index contributed by atoms with van der Waals surface area (Å²) in [6, 6.07) is 4.05. The fraction of sp³-hybridized carbons (Fsp3) is 0.421. The zero-order chi connectivity index (χ0) is 21.1. The first kappa shape index (κ1) is 21.3. The first-order valence-electron chi connectivity index (χ1n) is 8.77. The molecule has 0 aliphatic carbocycles. The largest absolute Gasteiger partial charge is 0.398 e. The number of halogens is 2. The summed E-state index contributed by atoms with van der Waals surface area (Å²) in [4.78, 5) is 30.2. The number of carbonyl (C=O) groups is 2. The third-order valence-electron chi connectivity index (χ3n) is 4.00. The lowest BCUT2D eigenvalue weighted by Crippen LogP contribution is -2.54. The molecule has 0 aromatic heterocycles. The zero-order valence-electron chi connectivity index (χ0n) is 16.1. The van der Waals surface area contributed by atoms with Crippen molar-refractivity contribution in [3.05, 3.63) is 41.2 Å². The second kappa shape index (κ2) is 8.37. The summed E-state index contributed by atoms with van der Waals surface area (Å²) in [7, 11) is 0. The zero-order valence-corrected chi connectivity index (χ0v) is 16.1. The lowest BCUT2D eigenvalue weighted by molar-refractivity contribution is -0.114. The van der Waals surface area contributed by atoms with Gasteiger partial charge in [-0.25, -0.2) is 13.6 Å². The van der Waals surface area contributed by atoms with Gasteiger partial charge in [-0.2, -0.15) is 0 Å². The number of benzene rings is 1. The standard InChI is InChI=1S/C19H25F2N5O2/c1-19(2,3)25-18(28)26-9-13(8-20)24-14(10-26)15(17(23)27)16(22)11-5-4-6-12(21)7-11/h4-7,13H,8-10,22H2,1-3H3,(H2,23,27)(H,25,28). The van der Waals surface area contributed by atoms with Gasteiger partial charge in [0.2, 0.25) is 0 Å². The molecular formula is C19H25F2N5O2. The van der Waals surface area contributed by atoms with Gasteiger partial charge >= 0.3 is 6.03 Å². The number of nitrogens with one attached hydrogen (secondary N) is 1. The Hall–Kier alpha value is -2.97. The van der Waals surface area contributed by atoms with Crippen LogP contribution >= 0.6 is 0 Å². The van der Waals surface area contributed by atoms with Crippen molar-refractivity contribution in [3.8, 4) is 0 Å². The van der Waals surface area contributed by atoms with Gasteiger partial charge in [0.05, 0.1) is 29.6 Å². The topological polar surface area (TPSA) is 114 Å². The molecule has 1 aromatic carbocycles. The molecule has 28 heavy (non-hydrogen) atoms. The van der Waals surface area contributed by atoms with Crippen molar-refractivity contribution in [1.29, 1.82) is 0 Å². The molecule has 1 aliphatic rings. The summed E-state index contributed by atoms with van der Waals surface area (Å²) in [6.45, 7) is 4.59. The minimum absolute atomic E-state index is 0.0494. The van der Waals surface area contributed by atoms with Gasteiger partial charge in [-0.15, -0.1) is 0 Å². The molecule has 0 saturated heterocycles. The van der Waals surface area contributed by atoms with Crippen molar-refractivity contribution in [2.45, 2.75) is 32.4 Å². The number of carbonyl (C=O) groups excluding carboxylic acids is 2. The molecule has 0 saturated carbocycles. The summed E-state index contributed by atoms with van der Waals surface area (Å²) < 4.78 is 26.9. The van der Waals surface area contributed by atoms with E-state index in [1.54, 1.807) is 0 Å². The Kier molecular flexibility index (Phi) is 6.37. The van der Waals surface area contributed by atoms with Crippen LogP contribution in [0.1, 0.15) is 26.3 Å². The Morgan fingerprint density at radius 3 is 2.54 bits per heavy atom. The van der Waals surface area contributed by atoms with Gasteiger partial charge in [0.15, 0.2) is 0 Å². The van der Waals surface area contributed by atoms with Crippen LogP contribution in [0.3, 0.4) is 0 Å². The van der Waals surface area contributed by atoms with Crippen molar-refractivity contribution in [2.75, 3.05) is 19.8 Å². The molecule has 3 amide bonds. The minimum Gasteiger partial charge on any atom is -0.398 e. The number of hydrogen-bond donors (Lipinski definition) is 3. The number of nitrogens with two attached hydrogens (primary N) is 2. The van der Waals surface area contributed by atoms with Crippen molar-refractivity contribution in [3.63, 3.8) is 0 Å². The van der Waals surface area contributed by atoms with E-state index < -0.39 is 36.0 Å². The van der Waals surface area contributed by atoms with Crippen molar-refractivity contribution in [1.82, 2.24) is 10.2 Å². The number of alkyl halides is 1. The van der Waals surface area contributed by atoms with Gasteiger partial charge in [0.25, 0.3) is 5.91 Å². The summed E-state index contributed by atoms with van der Waals surface area (Å²) >= 11 is 0. The highest BCUT2D eigenvalue weighted by atomic mass is 19.1. The average molecular weight is 393 g/mol. The Bertz CT molecular complexity index is 830. The van der Waals surface area contributed by atoms with E-state index in [4.69, 9.17) is 11.5 Å². The second-order valence-electron chi connectivity index (χ2n) is 7.61. The molecular weight excluding hydrogens is 368 g/mol. The average Bonchev–Trinajstić information content (AvgIpc) is 2.59. The van der Waals surface area contributed by atoms with Crippen LogP contribution < -0.4 is 16.8 Å². The van der Waals surface area contributed by atoms with E-state index in [9.17, 15) is 18.4 Å². The Morgan fingerprint density at radius 2 is 2.00 bits per heavy atom. The smallest absolute Gasteiger partial charge is 0.318 e. The fourth-order valence-electron chi connectivity index (χ4n) is 2.81. The summed E-state index contributed by atoms with van der Waals surface area (Å²) in [5.74, 6) is -1.43. The van der Waals surface area contributed by atoms with Gasteiger partial charge in [0.1, 0.15) is 12.5 Å². The quantitative estimate of drug-likeness (QED) is 0.675. The van der Waals surface area contributed by atoms with Gasteiger partial charge in [0, 0.05) is 17.6 Å². The van der Waals surface area contributed by atoms with Crippen LogP contribution in [0.5, 0.6) is 0 Å². The third kappa shape index (κ3) is 5.28. The van der Waals surface area contributed by atoms with E-state index in [-0.39, 0.29) is 35.6 Å². The van der Waals surface area contributed by atoms with Gasteiger partial charge in [-0.1, -0.05) is 12.1 Å². The summed E-state index contributed by atoms with van der Waals surface area (Å²) in [5.41, 5.74) is 11.2. The molecule has 5 N–H and O–H groups in total. The van der Waals surface area contributed by atoms with E-state index in [0.29, 0.717) is 0 Å². The number of nitrogens with zero attached hydrogens (tertiary/aromatic N) is 2. The van der Waals surface area contributed by atoms with Crippen LogP contribution in [-0.4, -0.2) is 53.9 Å². The Balaban J connectivity index is 2.45. The first-order chi connectivity index (χ1) is 13.0. The lowest BCUT2D eigenvalue weighted by Gasteiger charge is -2.33. The summed E-state index contributed by atoms with van der Waals surface area (Å²) in [5, 5.41) is 2.79. The van der Waals surface area contributed by atoms with Gasteiger partial charge in [-0.3, -0.25) is 9.79 Å². The highest BCUT2D eigenvalue weighted by Crippen LogP contribution is 2.20. The minimum atomic E-state index is -0.892. The molecule has 1 aliphatic heterocycles. The number of urea groups is 1. The number of rotatable bonds is 4. The molecule has 0 spiro atoms. The SMILES string of the molecule is CC(C)(C)NC(=O)N1CC(C(C(N)=O)=C(N)c2cccc(F)c2)=NC(CF)C1. The third-order valence-corrected chi connectivity index (χ3v) is 4.00. The maximum Gasteiger partial charge on any atom is 0.318 e. The van der Waals surface area contributed by atoms with Crippen LogP contribution in [0.2, 0.25) is 0 Å². The maximum absolute atomic E-state index is 13.5. The fourth-order valence-corrected chi connectivity index (χ4v) is 2.81. The van der Waals surface area contributed by atoms with Gasteiger partial charge < -0.3 is 21.7 Å². The van der Waals surface area contributed by atoms with Crippen molar-refractivity contribution in [2.24, 2.45) is 16.5 Å². The van der Waals surface area contributed by atoms with Crippen molar-refractivity contribution >= 4 is 23.3 Å². The summed E-state index contributed by atoms with van der Waals surface area (Å²) in [6.07, 6.45) is 0. The second-order valence-corrected chi connectivity index (χ2v) is 7.61. The van der Waals surface area contributed by atoms with E-state index in [1.165, 1.54) is 23.1 Å². The molecule has 1 aromatic rings. The monoisotopic (exact) mass is 393 g/mol. The van der Waals surface area contributed by atoms with Crippen LogP contribution in [-0.2, 0) is 4.79 Å². The molecule has 2 rings (SSSR count). The lowest BCUT2D eigenvalue weighted by atomic mass is 10.00. The maximum atomic E-state index is 13.5. The van der Waals surface area contributed by atoms with E-state index in [2.05, 4.69) is 10.3 Å². The molecule has 152 valence electrons. The van der Waals surface area contributed by atoms with Gasteiger partial charge in [-0.05, 0) is 32.9 Å². The molecule has 7 nitrogen and oxygen atoms in total. The molecule has 0 radical (unpaired) electrons. The number of aliphatic imine (C=N–C) groups is 1. The predicted molar refractivity (Wildman–Crippen MR) is 104 cm³/mol. The van der Waals surface area contributed by atoms with E-state index in [0.717, 1.165) is 6.07 Å². The Morgan fingerprint density at radius 1 is 1.32 bits per heavy atom. The van der Waals surface area contributed by atoms with E-state index >= 15 is 0 Å². The highest BCUT2D eigenvalue weighted by molar-refractivity contribution is 6.27. The molecule has 9 heteroatoms. The van der Waals surface area contributed by atoms with Crippen LogP contribution in [0.4, 0.5) is 13.6 Å². The molecule has 1 atom stereocenters. The number of amides is 3. The molecule has 0 fully saturated rings. The molecule has 1 unspecified atom stereocenters. The Labute approximate surface area is 162 Å². The number of hydrogen-bond acceptors (Lipinski definition) is 4. The molecule has 0 bridgehead atoms. The normalized spacial score (nSPS) is 18.2. The van der Waals surface area contributed by atoms with Crippen molar-refractivity contribution < 1.29 is 18.4 Å². The highest BCUT2D eigenvalue weighted by Gasteiger charge is 2.31. The van der Waals surface area contributed by atoms with Crippen LogP contribution in [0, 0.1) is 5.82 Å².